The van der Waals surface area contributed by atoms with Crippen molar-refractivity contribution < 1.29 is 31.1 Å². The fourth-order valence-electron chi connectivity index (χ4n) is 0.828. The molecule has 0 aliphatic heterocycles. The summed E-state index contributed by atoms with van der Waals surface area (Å²) in [6.45, 7) is 1.21. The van der Waals surface area contributed by atoms with Crippen molar-refractivity contribution in [3.8, 4) is 11.8 Å². The summed E-state index contributed by atoms with van der Waals surface area (Å²) < 4.78 is 71.4. The molecule has 0 fully saturated rings. The van der Waals surface area contributed by atoms with E-state index in [1.54, 1.807) is 0 Å². The van der Waals surface area contributed by atoms with E-state index in [0.717, 1.165) is 0 Å². The lowest BCUT2D eigenvalue weighted by Crippen LogP contribution is -2.42. The van der Waals surface area contributed by atoms with Crippen molar-refractivity contribution in [2.75, 3.05) is 0 Å². The van der Waals surface area contributed by atoms with Gasteiger partial charge in [-0.15, -0.1) is 5.92 Å². The first kappa shape index (κ1) is 13.8. The maximum Gasteiger partial charge on any atom is 0.407 e. The maximum atomic E-state index is 11.9. The van der Waals surface area contributed by atoms with Gasteiger partial charge in [0.15, 0.2) is 5.78 Å². The van der Waals surface area contributed by atoms with E-state index in [-0.39, 0.29) is 0 Å². The van der Waals surface area contributed by atoms with E-state index in [1.807, 2.05) is 5.92 Å². The smallest absolute Gasteiger partial charge is 0.298 e. The quantitative estimate of drug-likeness (QED) is 0.528. The van der Waals surface area contributed by atoms with E-state index < -0.39 is 30.5 Å². The van der Waals surface area contributed by atoms with Crippen LogP contribution in [0.4, 0.5) is 26.3 Å². The van der Waals surface area contributed by atoms with E-state index in [0.29, 0.717) is 0 Å². The summed E-state index contributed by atoms with van der Waals surface area (Å²) in [5.41, 5.74) is 0. The standard InChI is InChI=1S/C8H6F6O/c1-2-3-4-5(15)6(7(9,10)11)8(12,13)14/h6H,4H2,1H3. The molecule has 0 rings (SSSR count). The average molecular weight is 232 g/mol. The highest BCUT2D eigenvalue weighted by molar-refractivity contribution is 5.84. The number of carbonyl (C=O) groups excluding carboxylic acids is 1. The van der Waals surface area contributed by atoms with E-state index in [9.17, 15) is 31.1 Å². The van der Waals surface area contributed by atoms with E-state index in [4.69, 9.17) is 0 Å². The molecule has 0 aromatic heterocycles. The first-order valence-corrected chi connectivity index (χ1v) is 3.66. The van der Waals surface area contributed by atoms with Crippen molar-refractivity contribution in [3.05, 3.63) is 0 Å². The van der Waals surface area contributed by atoms with E-state index >= 15 is 0 Å². The molecular weight excluding hydrogens is 226 g/mol. The molecule has 0 atom stereocenters. The predicted molar refractivity (Wildman–Crippen MR) is 38.7 cm³/mol. The number of alkyl halides is 6. The van der Waals surface area contributed by atoms with Gasteiger partial charge in [0, 0.05) is 0 Å². The van der Waals surface area contributed by atoms with Crippen LogP contribution >= 0.6 is 0 Å². The highest BCUT2D eigenvalue weighted by atomic mass is 19.4. The van der Waals surface area contributed by atoms with Crippen LogP contribution in [-0.4, -0.2) is 18.1 Å². The summed E-state index contributed by atoms with van der Waals surface area (Å²) in [7, 11) is 0. The second kappa shape index (κ2) is 4.55. The third kappa shape index (κ3) is 4.23. The summed E-state index contributed by atoms with van der Waals surface area (Å²) in [4.78, 5) is 10.7. The highest BCUT2D eigenvalue weighted by Crippen LogP contribution is 2.40. The molecule has 0 aliphatic carbocycles. The maximum absolute atomic E-state index is 11.9. The molecule has 0 aromatic rings. The third-order valence-corrected chi connectivity index (χ3v) is 1.42. The minimum absolute atomic E-state index is 1.06. The molecule has 0 aromatic carbocycles. The number of hydrogen-bond donors (Lipinski definition) is 0. The average Bonchev–Trinajstić information content (AvgIpc) is 1.94. The van der Waals surface area contributed by atoms with Gasteiger partial charge in [-0.2, -0.15) is 26.3 Å². The van der Waals surface area contributed by atoms with Crippen LogP contribution in [0.1, 0.15) is 13.3 Å². The SMILES string of the molecule is CC#CCC(=O)C(C(F)(F)F)C(F)(F)F. The Morgan fingerprint density at radius 2 is 1.53 bits per heavy atom. The fourth-order valence-corrected chi connectivity index (χ4v) is 0.828. The van der Waals surface area contributed by atoms with E-state index in [1.165, 1.54) is 6.92 Å². The summed E-state index contributed by atoms with van der Waals surface area (Å²) in [6, 6.07) is 0. The zero-order valence-corrected chi connectivity index (χ0v) is 7.46. The molecule has 0 unspecified atom stereocenters. The molecule has 86 valence electrons. The second-order valence-corrected chi connectivity index (χ2v) is 2.59. The van der Waals surface area contributed by atoms with Gasteiger partial charge in [0.1, 0.15) is 0 Å². The van der Waals surface area contributed by atoms with Gasteiger partial charge in [-0.3, -0.25) is 4.79 Å². The van der Waals surface area contributed by atoms with Crippen molar-refractivity contribution in [3.63, 3.8) is 0 Å². The molecule has 0 radical (unpaired) electrons. The number of ketones is 1. The molecule has 0 saturated heterocycles. The fraction of sp³-hybridized carbons (Fsp3) is 0.625. The Morgan fingerprint density at radius 3 is 1.80 bits per heavy atom. The highest BCUT2D eigenvalue weighted by Gasteiger charge is 2.60. The number of rotatable bonds is 2. The summed E-state index contributed by atoms with van der Waals surface area (Å²) in [6.07, 6.45) is -12.3. The predicted octanol–water partition coefficient (Wildman–Crippen LogP) is 2.71. The molecule has 0 spiro atoms. The normalized spacial score (nSPS) is 12.3. The Balaban J connectivity index is 4.95. The van der Waals surface area contributed by atoms with Crippen LogP contribution in [0, 0.1) is 17.8 Å². The summed E-state index contributed by atoms with van der Waals surface area (Å²) in [5.74, 6) is -2.00. The Morgan fingerprint density at radius 1 is 1.13 bits per heavy atom. The van der Waals surface area contributed by atoms with Gasteiger partial charge in [-0.25, -0.2) is 0 Å². The summed E-state index contributed by atoms with van der Waals surface area (Å²) >= 11 is 0. The molecule has 15 heavy (non-hydrogen) atoms. The number of carbonyl (C=O) groups is 1. The lowest BCUT2D eigenvalue weighted by Gasteiger charge is -2.20. The molecule has 0 bridgehead atoms. The monoisotopic (exact) mass is 232 g/mol. The van der Waals surface area contributed by atoms with Gasteiger partial charge in [-0.05, 0) is 6.92 Å². The molecule has 0 heterocycles. The van der Waals surface area contributed by atoms with Crippen molar-refractivity contribution in [1.82, 2.24) is 0 Å². The molecule has 0 N–H and O–H groups in total. The van der Waals surface area contributed by atoms with E-state index in [2.05, 4.69) is 5.92 Å². The second-order valence-electron chi connectivity index (χ2n) is 2.59. The molecular formula is C8H6F6O. The van der Waals surface area contributed by atoms with Crippen LogP contribution < -0.4 is 0 Å². The summed E-state index contributed by atoms with van der Waals surface area (Å²) in [5, 5.41) is 0. The lowest BCUT2D eigenvalue weighted by molar-refractivity contribution is -0.273. The first-order chi connectivity index (χ1) is 6.60. The van der Waals surface area contributed by atoms with Crippen LogP contribution in [0.15, 0.2) is 0 Å². The number of hydrogen-bond acceptors (Lipinski definition) is 1. The Bertz CT molecular complexity index is 275. The van der Waals surface area contributed by atoms with Gasteiger partial charge in [0.05, 0.1) is 6.42 Å². The van der Waals surface area contributed by atoms with Crippen molar-refractivity contribution in [2.24, 2.45) is 5.92 Å². The minimum atomic E-state index is -5.62. The van der Waals surface area contributed by atoms with Crippen molar-refractivity contribution in [1.29, 1.82) is 0 Å². The van der Waals surface area contributed by atoms with Gasteiger partial charge in [-0.1, -0.05) is 5.92 Å². The Hall–Kier alpha value is -1.19. The van der Waals surface area contributed by atoms with Crippen LogP contribution in [0.3, 0.4) is 0 Å². The van der Waals surface area contributed by atoms with Crippen LogP contribution in [0.25, 0.3) is 0 Å². The van der Waals surface area contributed by atoms with Crippen LogP contribution in [0.2, 0.25) is 0 Å². The molecule has 1 nitrogen and oxygen atoms in total. The largest absolute Gasteiger partial charge is 0.407 e. The molecule has 0 aliphatic rings. The number of halogens is 6. The van der Waals surface area contributed by atoms with Gasteiger partial charge in [0.25, 0.3) is 0 Å². The molecule has 0 amide bonds. The van der Waals surface area contributed by atoms with Gasteiger partial charge >= 0.3 is 12.4 Å². The Labute approximate surface area is 81.4 Å². The zero-order chi connectivity index (χ0) is 12.3. The Kier molecular flexibility index (Phi) is 4.19. The topological polar surface area (TPSA) is 17.1 Å². The van der Waals surface area contributed by atoms with Gasteiger partial charge < -0.3 is 0 Å². The third-order valence-electron chi connectivity index (χ3n) is 1.42. The molecule has 7 heteroatoms. The first-order valence-electron chi connectivity index (χ1n) is 3.66. The zero-order valence-electron chi connectivity index (χ0n) is 7.46. The van der Waals surface area contributed by atoms with Gasteiger partial charge in [0.2, 0.25) is 5.92 Å². The van der Waals surface area contributed by atoms with Crippen LogP contribution in [-0.2, 0) is 4.79 Å². The van der Waals surface area contributed by atoms with Crippen molar-refractivity contribution in [2.45, 2.75) is 25.7 Å². The molecule has 0 saturated carbocycles. The van der Waals surface area contributed by atoms with Crippen LogP contribution in [0.5, 0.6) is 0 Å². The lowest BCUT2D eigenvalue weighted by atomic mass is 10.0. The minimum Gasteiger partial charge on any atom is -0.298 e. The van der Waals surface area contributed by atoms with Crippen molar-refractivity contribution >= 4 is 5.78 Å². The number of Topliss-reactive ketones (excluding diaryl/α,β-unsaturated/α-hetero) is 1.